The van der Waals surface area contributed by atoms with E-state index in [1.54, 1.807) is 104 Å². The summed E-state index contributed by atoms with van der Waals surface area (Å²) in [6.07, 6.45) is 29.5. The standard InChI is InChI=1S/6C4H6N2.3C4H5NO.3C4H5NS.12C2H6/c2*1-4-2-5-3-6-4;1-4-2-5-6-3-4;1-6-4-2-3-5-6;1-4-5-2-3-6-4;1-4-2-3-5-6-4;1-4-2-5-6-3-4;1-4-2-3-6-5-4;1-4-2-3-5-6-4;1-4-2-5-6-3-4;1-4-2-3-6-5-4;1-4-2-3-5-6-4;12*1-2/h3*2-3H,1H3,(H,5,6);2-4H,1H3;2*2-3H,1H3,(H,5,6);6*2-3H,1H3;12*1-2H3. The fourth-order valence-electron chi connectivity index (χ4n) is 3.60. The molecule has 0 aliphatic rings. The van der Waals surface area contributed by atoms with Gasteiger partial charge in [-0.2, -0.15) is 19.7 Å². The Balaban J connectivity index is -0.0000000779. The molecule has 12 heterocycles. The van der Waals surface area contributed by atoms with Crippen LogP contribution in [0.3, 0.4) is 0 Å². The first kappa shape index (κ1) is 115. The summed E-state index contributed by atoms with van der Waals surface area (Å²) in [5, 5.41) is 31.1. The van der Waals surface area contributed by atoms with Gasteiger partial charge in [0.25, 0.3) is 0 Å². The number of aryl methyl sites for hydroxylation is 12. The Kier molecular flexibility index (Phi) is 133. The summed E-state index contributed by atoms with van der Waals surface area (Å²) in [5.74, 6) is 1.82. The van der Waals surface area contributed by atoms with Gasteiger partial charge < -0.3 is 28.5 Å². The minimum absolute atomic E-state index is 0.856. The van der Waals surface area contributed by atoms with E-state index in [0.29, 0.717) is 0 Å². The highest BCUT2D eigenvalue weighted by atomic mass is 32.1. The highest BCUT2D eigenvalue weighted by Crippen LogP contribution is 1.99. The molecule has 0 aliphatic carbocycles. The van der Waals surface area contributed by atoms with Gasteiger partial charge in [0, 0.05) is 119 Å². The Labute approximate surface area is 597 Å². The van der Waals surface area contributed by atoms with Crippen molar-refractivity contribution in [2.45, 2.75) is 242 Å². The van der Waals surface area contributed by atoms with E-state index in [4.69, 9.17) is 0 Å². The number of rotatable bonds is 0. The normalized spacial score (nSPS) is 7.38. The summed E-state index contributed by atoms with van der Waals surface area (Å²) < 4.78 is 26.9. The second-order valence-corrected chi connectivity index (χ2v) is 16.6. The zero-order valence-corrected chi connectivity index (χ0v) is 69.1. The van der Waals surface area contributed by atoms with Gasteiger partial charge >= 0.3 is 0 Å². The molecule has 12 rings (SSSR count). The lowest BCUT2D eigenvalue weighted by molar-refractivity contribution is 0.397. The Morgan fingerprint density at radius 3 is 1.16 bits per heavy atom. The number of aromatic nitrogens is 18. The molecular weight excluding hydrogens is 1260 g/mol. The van der Waals surface area contributed by atoms with Crippen molar-refractivity contribution in [1.29, 1.82) is 0 Å². The third kappa shape index (κ3) is 107. The summed E-state index contributed by atoms with van der Waals surface area (Å²) >= 11 is 4.51. The average molecular weight is 1400 g/mol. The van der Waals surface area contributed by atoms with Crippen molar-refractivity contribution in [3.63, 3.8) is 0 Å². The minimum atomic E-state index is 0.856. The second-order valence-electron chi connectivity index (χ2n) is 14.3. The lowest BCUT2D eigenvalue weighted by Gasteiger charge is -1.77. The van der Waals surface area contributed by atoms with E-state index in [-0.39, 0.29) is 0 Å². The molecule has 0 amide bonds. The zero-order chi connectivity index (χ0) is 76.9. The number of H-pyrrole nitrogens is 5. The first-order valence-electron chi connectivity index (χ1n) is 33.6. The van der Waals surface area contributed by atoms with Crippen LogP contribution in [0.5, 0.6) is 0 Å². The Bertz CT molecular complexity index is 2040. The van der Waals surface area contributed by atoms with Gasteiger partial charge in [-0.1, -0.05) is 182 Å². The van der Waals surface area contributed by atoms with Crippen molar-refractivity contribution in [2.75, 3.05) is 0 Å². The second kappa shape index (κ2) is 111. The molecule has 12 aromatic heterocycles. The van der Waals surface area contributed by atoms with Crippen molar-refractivity contribution in [3.05, 3.63) is 215 Å². The first-order valence-corrected chi connectivity index (χ1v) is 36.1. The van der Waals surface area contributed by atoms with Gasteiger partial charge in [-0.15, -0.1) is 0 Å². The van der Waals surface area contributed by atoms with E-state index in [1.165, 1.54) is 50.6 Å². The molecule has 24 heteroatoms. The van der Waals surface area contributed by atoms with Gasteiger partial charge in [0.15, 0.2) is 0 Å². The number of imidazole rings is 3. The lowest BCUT2D eigenvalue weighted by Crippen LogP contribution is -1.83. The fraction of sp³-hybridized carbons (Fsp3) is 0.500. The predicted molar refractivity (Wildman–Crippen MR) is 420 cm³/mol. The topological polar surface area (TPSA) is 278 Å². The summed E-state index contributed by atoms with van der Waals surface area (Å²) in [7, 11) is 1.89. The minimum Gasteiger partial charge on any atom is -0.365 e. The van der Waals surface area contributed by atoms with Crippen molar-refractivity contribution in [3.8, 4) is 0 Å². The lowest BCUT2D eigenvalue weighted by atomic mass is 10.4. The van der Waals surface area contributed by atoms with Crippen molar-refractivity contribution in [1.82, 2.24) is 88.7 Å². The number of hydrogen-bond donors (Lipinski definition) is 5. The Morgan fingerprint density at radius 2 is 1.04 bits per heavy atom. The van der Waals surface area contributed by atoms with Crippen molar-refractivity contribution < 1.29 is 13.6 Å². The third-order valence-corrected chi connectivity index (χ3v) is 9.20. The molecule has 0 radical (unpaired) electrons. The smallest absolute Gasteiger partial charge is 0.133 e. The molecule has 0 aromatic carbocycles. The van der Waals surface area contributed by atoms with Crippen molar-refractivity contribution in [2.24, 2.45) is 7.05 Å². The van der Waals surface area contributed by atoms with Crippen LogP contribution >= 0.6 is 34.6 Å². The number of nitrogens with zero attached hydrogens (tertiary/aromatic N) is 13. The molecule has 12 aromatic rings. The van der Waals surface area contributed by atoms with Gasteiger partial charge in [-0.05, 0) is 146 Å². The van der Waals surface area contributed by atoms with Gasteiger partial charge in [0.2, 0.25) is 0 Å². The molecule has 0 aliphatic heterocycles. The fourth-order valence-corrected chi connectivity index (χ4v) is 5.07. The van der Waals surface area contributed by atoms with E-state index in [0.717, 1.165) is 45.6 Å². The van der Waals surface area contributed by atoms with Crippen LogP contribution in [-0.4, -0.2) is 88.7 Å². The summed E-state index contributed by atoms with van der Waals surface area (Å²) in [6.45, 7) is 69.5. The van der Waals surface area contributed by atoms with Crippen LogP contribution in [0.2, 0.25) is 0 Å². The highest BCUT2D eigenvalue weighted by Gasteiger charge is 1.82. The van der Waals surface area contributed by atoms with Crippen LogP contribution in [0, 0.1) is 76.2 Å². The number of nitrogens with one attached hydrogen (secondary N) is 5. The molecule has 0 unspecified atom stereocenters. The molecule has 96 heavy (non-hydrogen) atoms. The molecule has 0 spiro atoms. The first-order chi connectivity index (χ1) is 46.7. The van der Waals surface area contributed by atoms with E-state index in [2.05, 4.69) is 97.6 Å². The quantitative estimate of drug-likeness (QED) is 0.0944. The SMILES string of the molecule is CC.CC.CC.CC.CC.CC.CC.CC.CC.CC.CC.CC.Cc1ccn[nH]1.Cc1ccno1.Cc1ccns1.Cc1ccon1.Cc1ccsn1.Cc1cn[nH]c1.Cc1cnc[nH]1.Cc1cnc[nH]1.Cc1cnoc1.Cc1cnsc1.Cc1ncc[nH]1.Cn1cccn1. The maximum absolute atomic E-state index is 4.58. The maximum Gasteiger partial charge on any atom is 0.133 e. The molecule has 5 N–H and O–H groups in total. The maximum atomic E-state index is 4.58. The predicted octanol–water partition coefficient (Wildman–Crippen LogP) is 23.6. The zero-order valence-electron chi connectivity index (χ0n) is 66.7. The molecule has 0 saturated heterocycles. The molecule has 552 valence electrons. The third-order valence-electron chi connectivity index (χ3n) is 7.20. The summed E-state index contributed by atoms with van der Waals surface area (Å²) in [4.78, 5) is 21.3. The van der Waals surface area contributed by atoms with Crippen LogP contribution in [0.1, 0.15) is 228 Å². The summed E-state index contributed by atoms with van der Waals surface area (Å²) in [6, 6.07) is 11.4. The van der Waals surface area contributed by atoms with Crippen LogP contribution < -0.4 is 0 Å². The largest absolute Gasteiger partial charge is 0.365 e. The average Bonchev–Trinajstić information content (AvgIpc) is 4.46. The molecule has 0 atom stereocenters. The van der Waals surface area contributed by atoms with Gasteiger partial charge in [-0.25, -0.2) is 23.7 Å². The van der Waals surface area contributed by atoms with Gasteiger partial charge in [-0.3, -0.25) is 14.9 Å². The van der Waals surface area contributed by atoms with Gasteiger partial charge in [0.1, 0.15) is 24.1 Å². The molecule has 0 bridgehead atoms. The van der Waals surface area contributed by atoms with E-state index >= 15 is 0 Å². The monoisotopic (exact) mass is 1400 g/mol. The Hall–Kier alpha value is -8.22. The van der Waals surface area contributed by atoms with Gasteiger partial charge in [0.05, 0.1) is 42.6 Å². The number of hydrogen-bond acceptors (Lipinski definition) is 18. The highest BCUT2D eigenvalue weighted by molar-refractivity contribution is 7.05. The van der Waals surface area contributed by atoms with E-state index in [9.17, 15) is 0 Å². The summed E-state index contributed by atoms with van der Waals surface area (Å²) in [5.41, 5.74) is 8.85. The Morgan fingerprint density at radius 1 is 0.469 bits per heavy atom. The molecule has 0 saturated carbocycles. The van der Waals surface area contributed by atoms with E-state index in [1.807, 2.05) is 303 Å². The number of aromatic amines is 5. The van der Waals surface area contributed by atoms with Crippen LogP contribution in [0.25, 0.3) is 0 Å². The van der Waals surface area contributed by atoms with Crippen LogP contribution in [-0.2, 0) is 7.05 Å². The molecular formula is C72H138N18O3S3. The van der Waals surface area contributed by atoms with E-state index < -0.39 is 0 Å². The molecule has 21 nitrogen and oxygen atoms in total. The molecule has 0 fully saturated rings. The van der Waals surface area contributed by atoms with Crippen LogP contribution in [0.4, 0.5) is 0 Å². The van der Waals surface area contributed by atoms with Crippen molar-refractivity contribution >= 4 is 34.6 Å². The van der Waals surface area contributed by atoms with Crippen LogP contribution in [0.15, 0.2) is 166 Å².